The van der Waals surface area contributed by atoms with Crippen molar-refractivity contribution in [2.75, 3.05) is 13.1 Å². The van der Waals surface area contributed by atoms with Crippen molar-refractivity contribution in [1.82, 2.24) is 4.90 Å². The fourth-order valence-electron chi connectivity index (χ4n) is 2.67. The Morgan fingerprint density at radius 3 is 3.00 bits per heavy atom. The van der Waals surface area contributed by atoms with Gasteiger partial charge in [-0.25, -0.2) is 4.39 Å². The number of amides is 1. The molecule has 3 nitrogen and oxygen atoms in total. The SMILES string of the molecule is C[C@H](CCc1cccc(F)c1)N1CC[C@H](C(N)=O)C1. The first-order chi connectivity index (χ1) is 9.06. The number of carbonyl (C=O) groups is 1. The minimum Gasteiger partial charge on any atom is -0.369 e. The van der Waals surface area contributed by atoms with Crippen molar-refractivity contribution in [3.63, 3.8) is 0 Å². The Morgan fingerprint density at radius 1 is 1.58 bits per heavy atom. The summed E-state index contributed by atoms with van der Waals surface area (Å²) in [4.78, 5) is 13.4. The summed E-state index contributed by atoms with van der Waals surface area (Å²) in [7, 11) is 0. The highest BCUT2D eigenvalue weighted by molar-refractivity contribution is 5.77. The van der Waals surface area contributed by atoms with Gasteiger partial charge in [0.05, 0.1) is 5.92 Å². The molecule has 19 heavy (non-hydrogen) atoms. The molecule has 1 saturated heterocycles. The summed E-state index contributed by atoms with van der Waals surface area (Å²) < 4.78 is 13.1. The van der Waals surface area contributed by atoms with E-state index >= 15 is 0 Å². The average Bonchev–Trinajstić information content (AvgIpc) is 2.86. The molecule has 0 unspecified atom stereocenters. The molecule has 1 heterocycles. The zero-order chi connectivity index (χ0) is 13.8. The highest BCUT2D eigenvalue weighted by Crippen LogP contribution is 2.20. The number of rotatable bonds is 5. The number of hydrogen-bond acceptors (Lipinski definition) is 2. The number of primary amides is 1. The lowest BCUT2D eigenvalue weighted by molar-refractivity contribution is -0.121. The van der Waals surface area contributed by atoms with E-state index in [1.165, 1.54) is 6.07 Å². The molecule has 2 atom stereocenters. The molecule has 0 bridgehead atoms. The van der Waals surface area contributed by atoms with Crippen LogP contribution in [0.2, 0.25) is 0 Å². The van der Waals surface area contributed by atoms with Gasteiger partial charge in [0.25, 0.3) is 0 Å². The summed E-state index contributed by atoms with van der Waals surface area (Å²) in [6.07, 6.45) is 2.69. The Morgan fingerprint density at radius 2 is 2.37 bits per heavy atom. The van der Waals surface area contributed by atoms with Crippen LogP contribution in [0, 0.1) is 11.7 Å². The Bertz CT molecular complexity index is 450. The zero-order valence-corrected chi connectivity index (χ0v) is 11.3. The quantitative estimate of drug-likeness (QED) is 0.883. The lowest BCUT2D eigenvalue weighted by Crippen LogP contribution is -2.33. The van der Waals surface area contributed by atoms with E-state index in [0.717, 1.165) is 37.9 Å². The number of nitrogens with zero attached hydrogens (tertiary/aromatic N) is 1. The van der Waals surface area contributed by atoms with Gasteiger partial charge in [-0.3, -0.25) is 9.69 Å². The van der Waals surface area contributed by atoms with Crippen LogP contribution in [0.4, 0.5) is 4.39 Å². The maximum Gasteiger partial charge on any atom is 0.221 e. The minimum absolute atomic E-state index is 0.00313. The van der Waals surface area contributed by atoms with Gasteiger partial charge in [-0.15, -0.1) is 0 Å². The van der Waals surface area contributed by atoms with E-state index < -0.39 is 0 Å². The second-order valence-corrected chi connectivity index (χ2v) is 5.40. The van der Waals surface area contributed by atoms with E-state index in [1.807, 2.05) is 6.07 Å². The van der Waals surface area contributed by atoms with Crippen LogP contribution in [0.3, 0.4) is 0 Å². The van der Waals surface area contributed by atoms with E-state index in [4.69, 9.17) is 5.73 Å². The van der Waals surface area contributed by atoms with Gasteiger partial charge in [0.1, 0.15) is 5.82 Å². The number of halogens is 1. The zero-order valence-electron chi connectivity index (χ0n) is 11.3. The van der Waals surface area contributed by atoms with Crippen molar-refractivity contribution in [2.24, 2.45) is 11.7 Å². The smallest absolute Gasteiger partial charge is 0.221 e. The molecule has 1 aliphatic heterocycles. The summed E-state index contributed by atoms with van der Waals surface area (Å²) in [6, 6.07) is 7.14. The molecule has 0 aromatic heterocycles. The molecule has 0 aliphatic carbocycles. The van der Waals surface area contributed by atoms with Crippen molar-refractivity contribution >= 4 is 5.91 Å². The van der Waals surface area contributed by atoms with E-state index in [2.05, 4.69) is 11.8 Å². The van der Waals surface area contributed by atoms with Crippen molar-refractivity contribution in [1.29, 1.82) is 0 Å². The Balaban J connectivity index is 1.82. The molecule has 1 aliphatic rings. The van der Waals surface area contributed by atoms with Crippen LogP contribution in [0.1, 0.15) is 25.3 Å². The molecular weight excluding hydrogens is 243 g/mol. The topological polar surface area (TPSA) is 46.3 Å². The molecule has 4 heteroatoms. The van der Waals surface area contributed by atoms with Crippen LogP contribution < -0.4 is 5.73 Å². The average molecular weight is 264 g/mol. The predicted molar refractivity (Wildman–Crippen MR) is 73.1 cm³/mol. The third-order valence-corrected chi connectivity index (χ3v) is 3.99. The number of carbonyl (C=O) groups excluding carboxylic acids is 1. The third kappa shape index (κ3) is 3.77. The third-order valence-electron chi connectivity index (χ3n) is 3.99. The molecule has 104 valence electrons. The molecule has 1 amide bonds. The molecule has 0 radical (unpaired) electrons. The van der Waals surface area contributed by atoms with Gasteiger partial charge in [0.2, 0.25) is 5.91 Å². The monoisotopic (exact) mass is 264 g/mol. The molecule has 0 saturated carbocycles. The normalized spacial score (nSPS) is 21.5. The standard InChI is InChI=1S/C15H21FN2O/c1-11(18-8-7-13(10-18)15(17)19)5-6-12-3-2-4-14(16)9-12/h2-4,9,11,13H,5-8,10H2,1H3,(H2,17,19)/t11-,13+/m1/s1. The second kappa shape index (κ2) is 6.15. The maximum absolute atomic E-state index is 13.1. The van der Waals surface area contributed by atoms with Crippen LogP contribution in [0.5, 0.6) is 0 Å². The van der Waals surface area contributed by atoms with Crippen LogP contribution >= 0.6 is 0 Å². The largest absolute Gasteiger partial charge is 0.369 e. The molecule has 1 aromatic rings. The van der Waals surface area contributed by atoms with Gasteiger partial charge in [0, 0.05) is 12.6 Å². The molecule has 1 aromatic carbocycles. The van der Waals surface area contributed by atoms with Gasteiger partial charge in [-0.1, -0.05) is 12.1 Å². The van der Waals surface area contributed by atoms with Gasteiger partial charge in [-0.2, -0.15) is 0 Å². The van der Waals surface area contributed by atoms with Crippen LogP contribution in [0.15, 0.2) is 24.3 Å². The number of likely N-dealkylation sites (tertiary alicyclic amines) is 1. The Kier molecular flexibility index (Phi) is 4.53. The summed E-state index contributed by atoms with van der Waals surface area (Å²) >= 11 is 0. The number of benzene rings is 1. The van der Waals surface area contributed by atoms with Gasteiger partial charge >= 0.3 is 0 Å². The summed E-state index contributed by atoms with van der Waals surface area (Å²) in [5.74, 6) is -0.378. The fourth-order valence-corrected chi connectivity index (χ4v) is 2.67. The summed E-state index contributed by atoms with van der Waals surface area (Å²) in [6.45, 7) is 3.85. The van der Waals surface area contributed by atoms with E-state index in [0.29, 0.717) is 6.04 Å². The first-order valence-electron chi connectivity index (χ1n) is 6.84. The minimum atomic E-state index is -0.195. The van der Waals surface area contributed by atoms with Crippen LogP contribution in [0.25, 0.3) is 0 Å². The maximum atomic E-state index is 13.1. The summed E-state index contributed by atoms with van der Waals surface area (Å²) in [5, 5.41) is 0. The number of hydrogen-bond donors (Lipinski definition) is 1. The first kappa shape index (κ1) is 14.0. The van der Waals surface area contributed by atoms with E-state index in [1.54, 1.807) is 12.1 Å². The van der Waals surface area contributed by atoms with Crippen LogP contribution in [-0.4, -0.2) is 29.9 Å². The Labute approximate surface area is 113 Å². The fraction of sp³-hybridized carbons (Fsp3) is 0.533. The molecule has 0 spiro atoms. The number of aryl methyl sites for hydroxylation is 1. The summed E-state index contributed by atoms with van der Waals surface area (Å²) in [5.41, 5.74) is 6.36. The Hall–Kier alpha value is -1.42. The van der Waals surface area contributed by atoms with Gasteiger partial charge in [-0.05, 0) is 50.4 Å². The van der Waals surface area contributed by atoms with Crippen molar-refractivity contribution in [2.45, 2.75) is 32.2 Å². The van der Waals surface area contributed by atoms with Gasteiger partial charge < -0.3 is 5.73 Å². The predicted octanol–water partition coefficient (Wildman–Crippen LogP) is 1.95. The van der Waals surface area contributed by atoms with E-state index in [9.17, 15) is 9.18 Å². The lowest BCUT2D eigenvalue weighted by atomic mass is 10.1. The van der Waals surface area contributed by atoms with Crippen LogP contribution in [-0.2, 0) is 11.2 Å². The molecule has 2 rings (SSSR count). The van der Waals surface area contributed by atoms with Gasteiger partial charge in [0.15, 0.2) is 0 Å². The number of nitrogens with two attached hydrogens (primary N) is 1. The second-order valence-electron chi connectivity index (χ2n) is 5.40. The van der Waals surface area contributed by atoms with E-state index in [-0.39, 0.29) is 17.6 Å². The first-order valence-corrected chi connectivity index (χ1v) is 6.84. The highest BCUT2D eigenvalue weighted by atomic mass is 19.1. The lowest BCUT2D eigenvalue weighted by Gasteiger charge is -2.24. The molecule has 1 fully saturated rings. The molecular formula is C15H21FN2O. The van der Waals surface area contributed by atoms with Crippen molar-refractivity contribution in [3.05, 3.63) is 35.6 Å². The molecule has 2 N–H and O–H groups in total. The van der Waals surface area contributed by atoms with Crippen molar-refractivity contribution in [3.8, 4) is 0 Å². The highest BCUT2D eigenvalue weighted by Gasteiger charge is 2.28. The van der Waals surface area contributed by atoms with Crippen molar-refractivity contribution < 1.29 is 9.18 Å².